The van der Waals surface area contributed by atoms with Crippen molar-refractivity contribution in [2.45, 2.75) is 26.3 Å². The van der Waals surface area contributed by atoms with Crippen LogP contribution in [0.15, 0.2) is 18.2 Å². The summed E-state index contributed by atoms with van der Waals surface area (Å²) in [5.41, 5.74) is 1.96. The largest absolute Gasteiger partial charge is 0.495 e. The molecule has 0 radical (unpaired) electrons. The summed E-state index contributed by atoms with van der Waals surface area (Å²) >= 11 is 5.47. The van der Waals surface area contributed by atoms with Crippen LogP contribution in [0.5, 0.6) is 5.75 Å². The Morgan fingerprint density at radius 2 is 2.21 bits per heavy atom. The van der Waals surface area contributed by atoms with Crippen molar-refractivity contribution in [1.82, 2.24) is 4.90 Å². The van der Waals surface area contributed by atoms with Crippen molar-refractivity contribution >= 4 is 23.0 Å². The minimum absolute atomic E-state index is 0.0822. The van der Waals surface area contributed by atoms with E-state index in [1.165, 1.54) is 0 Å². The highest BCUT2D eigenvalue weighted by molar-refractivity contribution is 7.80. The second-order valence-electron chi connectivity index (χ2n) is 5.35. The average Bonchev–Trinajstić information content (AvgIpc) is 2.69. The summed E-state index contributed by atoms with van der Waals surface area (Å²) in [6.45, 7) is 7.46. The lowest BCUT2D eigenvalue weighted by Gasteiger charge is -2.31. The number of aryl methyl sites for hydroxylation is 1. The van der Waals surface area contributed by atoms with Crippen LogP contribution in [0.4, 0.5) is 5.69 Å². The van der Waals surface area contributed by atoms with Crippen LogP contribution in [-0.2, 0) is 4.74 Å². The maximum Gasteiger partial charge on any atom is 0.175 e. The normalized spacial score (nSPS) is 17.4. The lowest BCUT2D eigenvalue weighted by molar-refractivity contribution is 0.169. The first kappa shape index (κ1) is 14.1. The van der Waals surface area contributed by atoms with Crippen molar-refractivity contribution in [2.75, 3.05) is 25.8 Å². The Morgan fingerprint density at radius 3 is 2.79 bits per heavy atom. The third-order valence-electron chi connectivity index (χ3n) is 3.25. The summed E-state index contributed by atoms with van der Waals surface area (Å²) in [4.78, 5) is 2.05. The molecule has 1 aromatic rings. The van der Waals surface area contributed by atoms with Gasteiger partial charge in [-0.1, -0.05) is 6.07 Å². The fourth-order valence-corrected chi connectivity index (χ4v) is 2.48. The number of benzene rings is 1. The third-order valence-corrected chi connectivity index (χ3v) is 3.57. The number of nitrogens with zero attached hydrogens (tertiary/aromatic N) is 1. The highest BCUT2D eigenvalue weighted by Crippen LogP contribution is 2.28. The first-order valence-corrected chi connectivity index (χ1v) is 6.66. The van der Waals surface area contributed by atoms with Gasteiger partial charge in [-0.25, -0.2) is 0 Å². The number of anilines is 1. The molecule has 0 saturated carbocycles. The molecule has 5 heteroatoms. The summed E-state index contributed by atoms with van der Waals surface area (Å²) in [7, 11) is 1.65. The zero-order chi connectivity index (χ0) is 14.0. The van der Waals surface area contributed by atoms with Gasteiger partial charge in [0.1, 0.15) is 12.5 Å². The van der Waals surface area contributed by atoms with E-state index in [1.807, 2.05) is 30.0 Å². The molecule has 19 heavy (non-hydrogen) atoms. The van der Waals surface area contributed by atoms with E-state index in [0.717, 1.165) is 17.0 Å². The highest BCUT2D eigenvalue weighted by atomic mass is 32.1. The Kier molecular flexibility index (Phi) is 3.96. The van der Waals surface area contributed by atoms with E-state index in [1.54, 1.807) is 7.11 Å². The van der Waals surface area contributed by atoms with Crippen molar-refractivity contribution in [3.05, 3.63) is 23.8 Å². The summed E-state index contributed by atoms with van der Waals surface area (Å²) in [5.74, 6) is 0.783. The van der Waals surface area contributed by atoms with Crippen LogP contribution in [0.3, 0.4) is 0 Å². The highest BCUT2D eigenvalue weighted by Gasteiger charge is 2.34. The molecule has 0 aromatic heterocycles. The smallest absolute Gasteiger partial charge is 0.175 e. The predicted octanol–water partition coefficient (Wildman–Crippen LogP) is 2.77. The molecule has 1 aromatic carbocycles. The van der Waals surface area contributed by atoms with Crippen molar-refractivity contribution < 1.29 is 9.47 Å². The van der Waals surface area contributed by atoms with Crippen LogP contribution in [0.1, 0.15) is 19.4 Å². The van der Waals surface area contributed by atoms with E-state index < -0.39 is 0 Å². The van der Waals surface area contributed by atoms with Crippen molar-refractivity contribution in [2.24, 2.45) is 0 Å². The number of hydrogen-bond acceptors (Lipinski definition) is 3. The summed E-state index contributed by atoms with van der Waals surface area (Å²) in [6.07, 6.45) is 0. The molecule has 0 unspecified atom stereocenters. The van der Waals surface area contributed by atoms with Crippen LogP contribution in [0.2, 0.25) is 0 Å². The molecule has 1 aliphatic rings. The van der Waals surface area contributed by atoms with Crippen molar-refractivity contribution in [1.29, 1.82) is 0 Å². The Morgan fingerprint density at radius 1 is 1.47 bits per heavy atom. The molecule has 1 fully saturated rings. The van der Waals surface area contributed by atoms with Crippen LogP contribution >= 0.6 is 12.2 Å². The zero-order valence-electron chi connectivity index (χ0n) is 11.8. The summed E-state index contributed by atoms with van der Waals surface area (Å²) in [5, 5.41) is 3.91. The van der Waals surface area contributed by atoms with Crippen molar-refractivity contribution in [3.8, 4) is 5.75 Å². The standard InChI is InChI=1S/C14H20N2O2S/c1-10-5-6-12(17-4)11(7-10)15-13(19)16-9-18-8-14(16,2)3/h5-7H,8-9H2,1-4H3,(H,15,19). The number of hydrogen-bond donors (Lipinski definition) is 1. The quantitative estimate of drug-likeness (QED) is 0.843. The van der Waals surface area contributed by atoms with E-state index in [4.69, 9.17) is 21.7 Å². The van der Waals surface area contributed by atoms with Gasteiger partial charge in [0, 0.05) is 0 Å². The Bertz CT molecular complexity index is 488. The zero-order valence-corrected chi connectivity index (χ0v) is 12.6. The molecule has 0 spiro atoms. The lowest BCUT2D eigenvalue weighted by Crippen LogP contribution is -2.46. The number of ether oxygens (including phenoxy) is 2. The molecule has 1 heterocycles. The SMILES string of the molecule is COc1ccc(C)cc1NC(=S)N1COCC1(C)C. The molecular weight excluding hydrogens is 260 g/mol. The second-order valence-corrected chi connectivity index (χ2v) is 5.74. The molecular formula is C14H20N2O2S. The van der Waals surface area contributed by atoms with Gasteiger partial charge >= 0.3 is 0 Å². The average molecular weight is 280 g/mol. The van der Waals surface area contributed by atoms with E-state index >= 15 is 0 Å². The minimum Gasteiger partial charge on any atom is -0.495 e. The van der Waals surface area contributed by atoms with E-state index in [0.29, 0.717) is 18.5 Å². The van der Waals surface area contributed by atoms with Crippen LogP contribution < -0.4 is 10.1 Å². The molecule has 0 aliphatic carbocycles. The molecule has 0 atom stereocenters. The van der Waals surface area contributed by atoms with Crippen LogP contribution in [0.25, 0.3) is 0 Å². The lowest BCUT2D eigenvalue weighted by atomic mass is 10.1. The second kappa shape index (κ2) is 5.35. The fraction of sp³-hybridized carbons (Fsp3) is 0.500. The van der Waals surface area contributed by atoms with Gasteiger partial charge in [-0.2, -0.15) is 0 Å². The predicted molar refractivity (Wildman–Crippen MR) is 80.7 cm³/mol. The van der Waals surface area contributed by atoms with Gasteiger partial charge in [0.05, 0.1) is 24.9 Å². The van der Waals surface area contributed by atoms with E-state index in [2.05, 4.69) is 19.2 Å². The van der Waals surface area contributed by atoms with Gasteiger partial charge in [-0.15, -0.1) is 0 Å². The van der Waals surface area contributed by atoms with Gasteiger partial charge in [0.2, 0.25) is 0 Å². The van der Waals surface area contributed by atoms with Gasteiger partial charge in [0.15, 0.2) is 5.11 Å². The molecule has 2 rings (SSSR count). The fourth-order valence-electron chi connectivity index (χ4n) is 2.08. The first-order valence-electron chi connectivity index (χ1n) is 6.25. The molecule has 1 N–H and O–H groups in total. The van der Waals surface area contributed by atoms with Gasteiger partial charge in [-0.3, -0.25) is 0 Å². The molecule has 0 bridgehead atoms. The first-order chi connectivity index (χ1) is 8.94. The number of methoxy groups -OCH3 is 1. The minimum atomic E-state index is -0.0822. The molecule has 104 valence electrons. The topological polar surface area (TPSA) is 33.7 Å². The monoisotopic (exact) mass is 280 g/mol. The summed E-state index contributed by atoms with van der Waals surface area (Å²) in [6, 6.07) is 5.97. The maximum atomic E-state index is 5.48. The molecule has 0 amide bonds. The van der Waals surface area contributed by atoms with Gasteiger partial charge in [-0.05, 0) is 50.7 Å². The molecule has 1 saturated heterocycles. The molecule has 1 aliphatic heterocycles. The van der Waals surface area contributed by atoms with Crippen LogP contribution in [0, 0.1) is 6.92 Å². The Hall–Kier alpha value is -1.33. The third kappa shape index (κ3) is 2.98. The maximum absolute atomic E-state index is 5.48. The molecule has 4 nitrogen and oxygen atoms in total. The Labute approximate surface area is 119 Å². The number of thiocarbonyl (C=S) groups is 1. The Balaban J connectivity index is 2.17. The van der Waals surface area contributed by atoms with E-state index in [-0.39, 0.29) is 5.54 Å². The van der Waals surface area contributed by atoms with E-state index in [9.17, 15) is 0 Å². The number of rotatable bonds is 2. The summed E-state index contributed by atoms with van der Waals surface area (Å²) < 4.78 is 10.8. The van der Waals surface area contributed by atoms with Gasteiger partial charge in [0.25, 0.3) is 0 Å². The van der Waals surface area contributed by atoms with Crippen molar-refractivity contribution in [3.63, 3.8) is 0 Å². The van der Waals surface area contributed by atoms with Gasteiger partial charge < -0.3 is 19.7 Å². The van der Waals surface area contributed by atoms with Crippen LogP contribution in [-0.4, -0.2) is 36.0 Å². The number of nitrogens with one attached hydrogen (secondary N) is 1.